The lowest BCUT2D eigenvalue weighted by Gasteiger charge is -2.39. The van der Waals surface area contributed by atoms with E-state index in [9.17, 15) is 14.3 Å². The van der Waals surface area contributed by atoms with Gasteiger partial charge in [0, 0.05) is 12.1 Å². The summed E-state index contributed by atoms with van der Waals surface area (Å²) in [5, 5.41) is 9.78. The molecule has 3 nitrogen and oxygen atoms in total. The lowest BCUT2D eigenvalue weighted by Crippen LogP contribution is -2.47. The predicted molar refractivity (Wildman–Crippen MR) is 86.7 cm³/mol. The van der Waals surface area contributed by atoms with E-state index in [4.69, 9.17) is 0 Å². The first kappa shape index (κ1) is 15.7. The monoisotopic (exact) mass is 313 g/mol. The second-order valence-corrected chi connectivity index (χ2v) is 6.12. The van der Waals surface area contributed by atoms with Gasteiger partial charge in [-0.05, 0) is 37.6 Å². The quantitative estimate of drug-likeness (QED) is 0.940. The summed E-state index contributed by atoms with van der Waals surface area (Å²) in [5.41, 5.74) is 0.695. The lowest BCUT2D eigenvalue weighted by molar-refractivity contribution is -0.146. The first-order valence-corrected chi connectivity index (χ1v) is 7.86. The molecule has 0 aliphatic carbocycles. The van der Waals surface area contributed by atoms with Crippen molar-refractivity contribution in [1.82, 2.24) is 4.90 Å². The molecule has 1 saturated heterocycles. The summed E-state index contributed by atoms with van der Waals surface area (Å²) in [6.07, 6.45) is 1.08. The van der Waals surface area contributed by atoms with Crippen LogP contribution in [-0.4, -0.2) is 29.1 Å². The molecule has 1 N–H and O–H groups in total. The summed E-state index contributed by atoms with van der Waals surface area (Å²) in [6.45, 7) is 1.82. The van der Waals surface area contributed by atoms with Gasteiger partial charge in [0.05, 0.1) is 5.41 Å². The van der Waals surface area contributed by atoms with Gasteiger partial charge in [0.1, 0.15) is 5.82 Å². The molecule has 0 saturated carbocycles. The molecular formula is C19H20FNO2. The molecule has 0 unspecified atom stereocenters. The standard InChI is InChI=1S/C19H20FNO2/c20-17-9-5-4-6-15(17)14-21-12-10-19(11-13-21,18(22)23)16-7-2-1-3-8-16/h1-9H,10-14H2,(H,22,23). The van der Waals surface area contributed by atoms with E-state index < -0.39 is 11.4 Å². The minimum absolute atomic E-state index is 0.203. The van der Waals surface area contributed by atoms with E-state index in [2.05, 4.69) is 4.90 Å². The lowest BCUT2D eigenvalue weighted by atomic mass is 9.73. The number of hydrogen-bond donors (Lipinski definition) is 1. The second-order valence-electron chi connectivity index (χ2n) is 6.12. The zero-order valence-corrected chi connectivity index (χ0v) is 12.9. The van der Waals surface area contributed by atoms with Gasteiger partial charge in [0.15, 0.2) is 0 Å². The second kappa shape index (κ2) is 6.50. The number of halogens is 1. The van der Waals surface area contributed by atoms with Crippen LogP contribution in [0.3, 0.4) is 0 Å². The van der Waals surface area contributed by atoms with Crippen LogP contribution in [0.2, 0.25) is 0 Å². The molecule has 3 rings (SSSR count). The Morgan fingerprint density at radius 2 is 1.65 bits per heavy atom. The number of aliphatic carboxylic acids is 1. The van der Waals surface area contributed by atoms with E-state index in [0.29, 0.717) is 38.0 Å². The number of rotatable bonds is 4. The van der Waals surface area contributed by atoms with Gasteiger partial charge in [-0.3, -0.25) is 9.69 Å². The number of carboxylic acid groups (broad SMARTS) is 1. The van der Waals surface area contributed by atoms with Gasteiger partial charge in [-0.15, -0.1) is 0 Å². The van der Waals surface area contributed by atoms with Crippen molar-refractivity contribution in [1.29, 1.82) is 0 Å². The zero-order chi connectivity index (χ0) is 16.3. The van der Waals surface area contributed by atoms with Crippen LogP contribution in [0, 0.1) is 5.82 Å². The number of carboxylic acids is 1. The molecule has 0 amide bonds. The van der Waals surface area contributed by atoms with Crippen LogP contribution >= 0.6 is 0 Å². The van der Waals surface area contributed by atoms with E-state index in [1.165, 1.54) is 6.07 Å². The molecule has 0 aromatic heterocycles. The Kier molecular flexibility index (Phi) is 4.44. The summed E-state index contributed by atoms with van der Waals surface area (Å²) in [7, 11) is 0. The Morgan fingerprint density at radius 1 is 1.04 bits per heavy atom. The third-order valence-electron chi connectivity index (χ3n) is 4.80. The molecule has 0 atom stereocenters. The van der Waals surface area contributed by atoms with Gasteiger partial charge >= 0.3 is 5.97 Å². The number of carbonyl (C=O) groups is 1. The minimum atomic E-state index is -0.826. The molecule has 0 spiro atoms. The smallest absolute Gasteiger partial charge is 0.314 e. The summed E-state index contributed by atoms with van der Waals surface area (Å²) >= 11 is 0. The first-order chi connectivity index (χ1) is 11.1. The van der Waals surface area contributed by atoms with Crippen molar-refractivity contribution >= 4 is 5.97 Å². The molecule has 23 heavy (non-hydrogen) atoms. The third kappa shape index (κ3) is 3.13. The Labute approximate surface area is 135 Å². The Hall–Kier alpha value is -2.20. The highest BCUT2D eigenvalue weighted by atomic mass is 19.1. The van der Waals surface area contributed by atoms with Crippen LogP contribution in [-0.2, 0) is 16.8 Å². The molecule has 0 bridgehead atoms. The van der Waals surface area contributed by atoms with Gasteiger partial charge in [0.2, 0.25) is 0 Å². The van der Waals surface area contributed by atoms with Crippen molar-refractivity contribution in [2.45, 2.75) is 24.8 Å². The van der Waals surface area contributed by atoms with Gasteiger partial charge in [-0.25, -0.2) is 4.39 Å². The molecule has 120 valence electrons. The maximum Gasteiger partial charge on any atom is 0.314 e. The highest BCUT2D eigenvalue weighted by Crippen LogP contribution is 2.36. The Morgan fingerprint density at radius 3 is 2.26 bits per heavy atom. The van der Waals surface area contributed by atoms with Crippen molar-refractivity contribution in [2.75, 3.05) is 13.1 Å². The molecule has 2 aromatic rings. The third-order valence-corrected chi connectivity index (χ3v) is 4.80. The summed E-state index contributed by atoms with van der Waals surface area (Å²) in [6, 6.07) is 16.2. The van der Waals surface area contributed by atoms with Crippen molar-refractivity contribution in [3.8, 4) is 0 Å². The molecule has 0 radical (unpaired) electrons. The topological polar surface area (TPSA) is 40.5 Å². The van der Waals surface area contributed by atoms with Crippen LogP contribution in [0.25, 0.3) is 0 Å². The number of piperidine rings is 1. The van der Waals surface area contributed by atoms with E-state index in [1.807, 2.05) is 36.4 Å². The first-order valence-electron chi connectivity index (χ1n) is 7.86. The van der Waals surface area contributed by atoms with Crippen molar-refractivity contribution in [3.05, 3.63) is 71.5 Å². The largest absolute Gasteiger partial charge is 0.481 e. The molecule has 1 aliphatic rings. The summed E-state index contributed by atoms with van der Waals surface area (Å²) < 4.78 is 13.8. The van der Waals surface area contributed by atoms with E-state index >= 15 is 0 Å². The van der Waals surface area contributed by atoms with Crippen LogP contribution in [0.5, 0.6) is 0 Å². The van der Waals surface area contributed by atoms with E-state index in [-0.39, 0.29) is 5.82 Å². The van der Waals surface area contributed by atoms with Gasteiger partial charge < -0.3 is 5.11 Å². The fourth-order valence-electron chi connectivity index (χ4n) is 3.34. The molecule has 1 fully saturated rings. The molecule has 4 heteroatoms. The maximum atomic E-state index is 13.8. The number of benzene rings is 2. The fourth-order valence-corrected chi connectivity index (χ4v) is 3.34. The highest BCUT2D eigenvalue weighted by Gasteiger charge is 2.42. The average molecular weight is 313 g/mol. The number of likely N-dealkylation sites (tertiary alicyclic amines) is 1. The highest BCUT2D eigenvalue weighted by molar-refractivity contribution is 5.81. The van der Waals surface area contributed by atoms with E-state index in [0.717, 1.165) is 5.56 Å². The Bertz CT molecular complexity index is 679. The SMILES string of the molecule is O=C(O)C1(c2ccccc2)CCN(Cc2ccccc2F)CC1. The van der Waals surface area contributed by atoms with Crippen LogP contribution < -0.4 is 0 Å². The maximum absolute atomic E-state index is 13.8. The summed E-state index contributed by atoms with van der Waals surface area (Å²) in [4.78, 5) is 14.0. The van der Waals surface area contributed by atoms with Crippen LogP contribution in [0.15, 0.2) is 54.6 Å². The number of nitrogens with zero attached hydrogens (tertiary/aromatic N) is 1. The van der Waals surface area contributed by atoms with Crippen LogP contribution in [0.1, 0.15) is 24.0 Å². The van der Waals surface area contributed by atoms with Crippen LogP contribution in [0.4, 0.5) is 4.39 Å². The van der Waals surface area contributed by atoms with Crippen molar-refractivity contribution in [2.24, 2.45) is 0 Å². The van der Waals surface area contributed by atoms with Crippen molar-refractivity contribution in [3.63, 3.8) is 0 Å². The summed E-state index contributed by atoms with van der Waals surface area (Å²) in [5.74, 6) is -0.972. The molecule has 1 heterocycles. The molecular weight excluding hydrogens is 293 g/mol. The zero-order valence-electron chi connectivity index (χ0n) is 12.9. The minimum Gasteiger partial charge on any atom is -0.481 e. The normalized spacial score (nSPS) is 17.8. The molecule has 2 aromatic carbocycles. The van der Waals surface area contributed by atoms with Gasteiger partial charge in [0.25, 0.3) is 0 Å². The van der Waals surface area contributed by atoms with Gasteiger partial charge in [-0.2, -0.15) is 0 Å². The number of hydrogen-bond acceptors (Lipinski definition) is 2. The Balaban J connectivity index is 1.74. The predicted octanol–water partition coefficient (Wildman–Crippen LogP) is 3.44. The van der Waals surface area contributed by atoms with Crippen molar-refractivity contribution < 1.29 is 14.3 Å². The molecule has 1 aliphatic heterocycles. The van der Waals surface area contributed by atoms with Gasteiger partial charge in [-0.1, -0.05) is 48.5 Å². The average Bonchev–Trinajstić information content (AvgIpc) is 2.58. The van der Waals surface area contributed by atoms with E-state index in [1.54, 1.807) is 12.1 Å². The fraction of sp³-hybridized carbons (Fsp3) is 0.316.